The lowest BCUT2D eigenvalue weighted by Crippen LogP contribution is -2.40. The van der Waals surface area contributed by atoms with Crippen molar-refractivity contribution in [3.63, 3.8) is 0 Å². The van der Waals surface area contributed by atoms with Gasteiger partial charge < -0.3 is 19.9 Å². The average molecular weight is 381 g/mol. The summed E-state index contributed by atoms with van der Waals surface area (Å²) in [6.07, 6.45) is 0.756. The molecule has 0 unspecified atom stereocenters. The van der Waals surface area contributed by atoms with Crippen molar-refractivity contribution in [2.75, 3.05) is 45.2 Å². The minimum Gasteiger partial charge on any atom is -0.375 e. The number of hydrogen-bond acceptors (Lipinski definition) is 3. The van der Waals surface area contributed by atoms with Gasteiger partial charge in [-0.2, -0.15) is 0 Å². The highest BCUT2D eigenvalue weighted by atomic mass is 16.5. The van der Waals surface area contributed by atoms with Crippen LogP contribution in [-0.2, 0) is 9.53 Å². The van der Waals surface area contributed by atoms with Crippen molar-refractivity contribution in [2.24, 2.45) is 0 Å². The Morgan fingerprint density at radius 3 is 2.54 bits per heavy atom. The average Bonchev–Trinajstić information content (AvgIpc) is 2.95. The molecule has 2 aromatic carbocycles. The number of urea groups is 1. The third-order valence-corrected chi connectivity index (χ3v) is 4.97. The number of rotatable bonds is 4. The zero-order chi connectivity index (χ0) is 19.9. The molecule has 148 valence electrons. The first-order valence-electron chi connectivity index (χ1n) is 9.57. The van der Waals surface area contributed by atoms with Crippen molar-refractivity contribution in [1.82, 2.24) is 9.80 Å². The lowest BCUT2D eigenvalue weighted by atomic mass is 10.0. The van der Waals surface area contributed by atoms with Crippen LogP contribution in [0.15, 0.2) is 48.5 Å². The molecule has 3 amide bonds. The molecule has 0 aromatic heterocycles. The van der Waals surface area contributed by atoms with Crippen molar-refractivity contribution < 1.29 is 14.3 Å². The van der Waals surface area contributed by atoms with Crippen LogP contribution in [-0.4, -0.2) is 61.6 Å². The van der Waals surface area contributed by atoms with Gasteiger partial charge in [-0.1, -0.05) is 36.4 Å². The van der Waals surface area contributed by atoms with Crippen LogP contribution >= 0.6 is 0 Å². The highest BCUT2D eigenvalue weighted by Crippen LogP contribution is 2.25. The van der Waals surface area contributed by atoms with E-state index in [9.17, 15) is 9.59 Å². The SMILES string of the molecule is COCC(=O)N1CCCN(C(=O)Nc2cccc(-c3ccccc3C)c2)CC1. The first-order chi connectivity index (χ1) is 13.6. The summed E-state index contributed by atoms with van der Waals surface area (Å²) in [6.45, 7) is 4.47. The van der Waals surface area contributed by atoms with Crippen LogP contribution < -0.4 is 5.32 Å². The Morgan fingerprint density at radius 2 is 1.75 bits per heavy atom. The van der Waals surface area contributed by atoms with E-state index in [4.69, 9.17) is 4.74 Å². The summed E-state index contributed by atoms with van der Waals surface area (Å²) in [6, 6.07) is 15.9. The van der Waals surface area contributed by atoms with Crippen LogP contribution in [0, 0.1) is 6.92 Å². The zero-order valence-corrected chi connectivity index (χ0v) is 16.5. The van der Waals surface area contributed by atoms with E-state index >= 15 is 0 Å². The highest BCUT2D eigenvalue weighted by Gasteiger charge is 2.22. The smallest absolute Gasteiger partial charge is 0.321 e. The molecular formula is C22H27N3O3. The molecule has 6 nitrogen and oxygen atoms in total. The normalized spacial score (nSPS) is 14.5. The van der Waals surface area contributed by atoms with E-state index in [2.05, 4.69) is 24.4 Å². The van der Waals surface area contributed by atoms with E-state index in [1.54, 1.807) is 9.80 Å². The topological polar surface area (TPSA) is 61.9 Å². The van der Waals surface area contributed by atoms with Gasteiger partial charge in [0.1, 0.15) is 6.61 Å². The molecule has 6 heteroatoms. The molecule has 0 atom stereocenters. The molecule has 1 aliphatic heterocycles. The number of methoxy groups -OCH3 is 1. The summed E-state index contributed by atoms with van der Waals surface area (Å²) in [5, 5.41) is 3.00. The standard InChI is InChI=1S/C22H27N3O3/c1-17-7-3-4-10-20(17)18-8-5-9-19(15-18)23-22(27)25-12-6-11-24(13-14-25)21(26)16-28-2/h3-5,7-10,15H,6,11-14,16H2,1-2H3,(H,23,27). The predicted molar refractivity (Wildman–Crippen MR) is 110 cm³/mol. The molecule has 28 heavy (non-hydrogen) atoms. The van der Waals surface area contributed by atoms with Crippen LogP contribution in [0.1, 0.15) is 12.0 Å². The summed E-state index contributed by atoms with van der Waals surface area (Å²) in [5.74, 6) is -0.0318. The second-order valence-corrected chi connectivity index (χ2v) is 6.98. The Morgan fingerprint density at radius 1 is 1.00 bits per heavy atom. The maximum Gasteiger partial charge on any atom is 0.321 e. The summed E-state index contributed by atoms with van der Waals surface area (Å²) >= 11 is 0. The van der Waals surface area contributed by atoms with Crippen LogP contribution in [0.25, 0.3) is 11.1 Å². The van der Waals surface area contributed by atoms with Crippen molar-refractivity contribution in [3.05, 3.63) is 54.1 Å². The molecule has 1 heterocycles. The Labute approximate surface area is 166 Å². The second kappa shape index (κ2) is 9.37. The molecule has 1 saturated heterocycles. The Bertz CT molecular complexity index is 837. The summed E-state index contributed by atoms with van der Waals surface area (Å²) in [4.78, 5) is 28.2. The number of aryl methyl sites for hydroxylation is 1. The third kappa shape index (κ3) is 4.89. The number of amides is 3. The van der Waals surface area contributed by atoms with Gasteiger partial charge in [0.05, 0.1) is 0 Å². The number of nitrogens with zero attached hydrogens (tertiary/aromatic N) is 2. The van der Waals surface area contributed by atoms with E-state index in [1.807, 2.05) is 36.4 Å². The van der Waals surface area contributed by atoms with Crippen molar-refractivity contribution in [1.29, 1.82) is 0 Å². The van der Waals surface area contributed by atoms with Gasteiger partial charge in [0.15, 0.2) is 0 Å². The van der Waals surface area contributed by atoms with Crippen molar-refractivity contribution >= 4 is 17.6 Å². The maximum absolute atomic E-state index is 12.7. The fraction of sp³-hybridized carbons (Fsp3) is 0.364. The lowest BCUT2D eigenvalue weighted by molar-refractivity contribution is -0.134. The summed E-state index contributed by atoms with van der Waals surface area (Å²) in [5.41, 5.74) is 4.19. The van der Waals surface area contributed by atoms with Crippen LogP contribution in [0.2, 0.25) is 0 Å². The second-order valence-electron chi connectivity index (χ2n) is 6.98. The number of carbonyl (C=O) groups is 2. The molecule has 0 saturated carbocycles. The molecule has 0 spiro atoms. The van der Waals surface area contributed by atoms with Gasteiger partial charge in [-0.05, 0) is 42.2 Å². The molecule has 2 aromatic rings. The largest absolute Gasteiger partial charge is 0.375 e. The fourth-order valence-corrected chi connectivity index (χ4v) is 3.45. The van der Waals surface area contributed by atoms with Gasteiger partial charge >= 0.3 is 6.03 Å². The van der Waals surface area contributed by atoms with Gasteiger partial charge in [-0.25, -0.2) is 4.79 Å². The number of nitrogens with one attached hydrogen (secondary N) is 1. The Kier molecular flexibility index (Phi) is 6.66. The summed E-state index contributed by atoms with van der Waals surface area (Å²) < 4.78 is 4.92. The van der Waals surface area contributed by atoms with Gasteiger partial charge in [-0.3, -0.25) is 4.79 Å². The first kappa shape index (κ1) is 19.9. The third-order valence-electron chi connectivity index (χ3n) is 4.97. The van der Waals surface area contributed by atoms with E-state index < -0.39 is 0 Å². The monoisotopic (exact) mass is 381 g/mol. The first-order valence-corrected chi connectivity index (χ1v) is 9.57. The van der Waals surface area contributed by atoms with Crippen LogP contribution in [0.4, 0.5) is 10.5 Å². The van der Waals surface area contributed by atoms with E-state index in [1.165, 1.54) is 12.7 Å². The van der Waals surface area contributed by atoms with Crippen molar-refractivity contribution in [2.45, 2.75) is 13.3 Å². The van der Waals surface area contributed by atoms with Gasteiger partial charge in [0.2, 0.25) is 5.91 Å². The van der Waals surface area contributed by atoms with Crippen molar-refractivity contribution in [3.8, 4) is 11.1 Å². The van der Waals surface area contributed by atoms with E-state index in [-0.39, 0.29) is 18.5 Å². The lowest BCUT2D eigenvalue weighted by Gasteiger charge is -2.22. The molecule has 1 fully saturated rings. The van der Waals surface area contributed by atoms with E-state index in [0.717, 1.165) is 23.2 Å². The number of hydrogen-bond donors (Lipinski definition) is 1. The number of anilines is 1. The molecule has 0 radical (unpaired) electrons. The fourth-order valence-electron chi connectivity index (χ4n) is 3.45. The molecule has 0 bridgehead atoms. The Balaban J connectivity index is 1.64. The van der Waals surface area contributed by atoms with Crippen LogP contribution in [0.5, 0.6) is 0 Å². The number of carbonyl (C=O) groups excluding carboxylic acids is 2. The maximum atomic E-state index is 12.7. The van der Waals surface area contributed by atoms with Gasteiger partial charge in [0, 0.05) is 39.0 Å². The molecule has 0 aliphatic carbocycles. The molecular weight excluding hydrogens is 354 g/mol. The highest BCUT2D eigenvalue weighted by molar-refractivity contribution is 5.90. The number of ether oxygens (including phenoxy) is 1. The predicted octanol–water partition coefficient (Wildman–Crippen LogP) is 3.37. The van der Waals surface area contributed by atoms with E-state index in [0.29, 0.717) is 26.2 Å². The quantitative estimate of drug-likeness (QED) is 0.883. The molecule has 3 rings (SSSR count). The molecule has 1 N–H and O–H groups in total. The molecule has 1 aliphatic rings. The van der Waals surface area contributed by atoms with Crippen LogP contribution in [0.3, 0.4) is 0 Å². The summed E-state index contributed by atoms with van der Waals surface area (Å²) in [7, 11) is 1.51. The zero-order valence-electron chi connectivity index (χ0n) is 16.5. The van der Waals surface area contributed by atoms with Gasteiger partial charge in [-0.15, -0.1) is 0 Å². The van der Waals surface area contributed by atoms with Gasteiger partial charge in [0.25, 0.3) is 0 Å². The minimum atomic E-state index is -0.136. The number of benzene rings is 2. The Hall–Kier alpha value is -2.86. The minimum absolute atomic E-state index is 0.0318.